The number of anilines is 1. The first kappa shape index (κ1) is 12.0. The second-order valence-electron chi connectivity index (χ2n) is 4.32. The molecule has 1 aliphatic rings. The second kappa shape index (κ2) is 4.10. The summed E-state index contributed by atoms with van der Waals surface area (Å²) in [5.74, 6) is 0.475. The van der Waals surface area contributed by atoms with Crippen LogP contribution in [0.15, 0.2) is 17.0 Å². The van der Waals surface area contributed by atoms with Gasteiger partial charge >= 0.3 is 0 Å². The third kappa shape index (κ3) is 2.82. The number of nitrogens with zero attached hydrogens (tertiary/aromatic N) is 1. The molecule has 2 rings (SSSR count). The standard InChI is InChI=1S/C11H14N2O3S/c1-7-9(17(2,15)16)5-6-10(12-7)13-11(14)8-3-4-8/h5-6,8H,3-4H2,1-2H3,(H,12,13,14). The van der Waals surface area contributed by atoms with Crippen LogP contribution in [0.5, 0.6) is 0 Å². The number of hydrogen-bond donors (Lipinski definition) is 1. The van der Waals surface area contributed by atoms with Crippen molar-refractivity contribution in [1.29, 1.82) is 0 Å². The van der Waals surface area contributed by atoms with Gasteiger partial charge in [0.15, 0.2) is 9.84 Å². The maximum Gasteiger partial charge on any atom is 0.228 e. The largest absolute Gasteiger partial charge is 0.310 e. The molecule has 0 aliphatic heterocycles. The summed E-state index contributed by atoms with van der Waals surface area (Å²) in [5, 5.41) is 2.68. The number of amides is 1. The summed E-state index contributed by atoms with van der Waals surface area (Å²) in [6.07, 6.45) is 2.98. The summed E-state index contributed by atoms with van der Waals surface area (Å²) in [4.78, 5) is 15.8. The Labute approximate surface area is 100 Å². The molecular formula is C11H14N2O3S. The van der Waals surface area contributed by atoms with Gasteiger partial charge in [-0.1, -0.05) is 0 Å². The molecular weight excluding hydrogens is 240 g/mol. The number of carbonyl (C=O) groups is 1. The number of rotatable bonds is 3. The maximum atomic E-state index is 11.5. The third-order valence-corrected chi connectivity index (χ3v) is 3.87. The lowest BCUT2D eigenvalue weighted by molar-refractivity contribution is -0.117. The minimum absolute atomic E-state index is 0.0380. The van der Waals surface area contributed by atoms with E-state index in [1.165, 1.54) is 12.1 Å². The highest BCUT2D eigenvalue weighted by atomic mass is 32.2. The van der Waals surface area contributed by atoms with Gasteiger partial charge in [0.2, 0.25) is 5.91 Å². The Hall–Kier alpha value is -1.43. The molecule has 1 aromatic rings. The van der Waals surface area contributed by atoms with Gasteiger partial charge in [0.05, 0.1) is 10.6 Å². The van der Waals surface area contributed by atoms with Crippen LogP contribution in [-0.2, 0) is 14.6 Å². The Morgan fingerprint density at radius 3 is 2.53 bits per heavy atom. The van der Waals surface area contributed by atoms with Crippen molar-refractivity contribution in [2.24, 2.45) is 5.92 Å². The number of aromatic nitrogens is 1. The van der Waals surface area contributed by atoms with E-state index in [-0.39, 0.29) is 16.7 Å². The number of nitrogens with one attached hydrogen (secondary N) is 1. The third-order valence-electron chi connectivity index (χ3n) is 2.64. The van der Waals surface area contributed by atoms with E-state index in [2.05, 4.69) is 10.3 Å². The molecule has 1 aliphatic carbocycles. The molecule has 17 heavy (non-hydrogen) atoms. The van der Waals surface area contributed by atoms with Crippen LogP contribution < -0.4 is 5.32 Å². The summed E-state index contributed by atoms with van der Waals surface area (Å²) < 4.78 is 22.8. The Morgan fingerprint density at radius 1 is 1.41 bits per heavy atom. The molecule has 0 spiro atoms. The molecule has 1 fully saturated rings. The SMILES string of the molecule is Cc1nc(NC(=O)C2CC2)ccc1S(C)(=O)=O. The van der Waals surface area contributed by atoms with Crippen molar-refractivity contribution >= 4 is 21.6 Å². The van der Waals surface area contributed by atoms with Crippen molar-refractivity contribution in [3.8, 4) is 0 Å². The first-order valence-electron chi connectivity index (χ1n) is 5.36. The molecule has 1 amide bonds. The van der Waals surface area contributed by atoms with E-state index in [4.69, 9.17) is 0 Å². The van der Waals surface area contributed by atoms with E-state index < -0.39 is 9.84 Å². The molecule has 92 valence electrons. The predicted molar refractivity (Wildman–Crippen MR) is 63.4 cm³/mol. The minimum Gasteiger partial charge on any atom is -0.310 e. The molecule has 0 unspecified atom stereocenters. The van der Waals surface area contributed by atoms with Crippen LogP contribution in [0.25, 0.3) is 0 Å². The Bertz CT molecular complexity index is 562. The van der Waals surface area contributed by atoms with E-state index >= 15 is 0 Å². The van der Waals surface area contributed by atoms with Crippen LogP contribution in [0.3, 0.4) is 0 Å². The number of sulfone groups is 1. The number of hydrogen-bond acceptors (Lipinski definition) is 4. The lowest BCUT2D eigenvalue weighted by atomic mass is 10.3. The van der Waals surface area contributed by atoms with Gasteiger partial charge in [0, 0.05) is 12.2 Å². The first-order chi connectivity index (χ1) is 7.88. The van der Waals surface area contributed by atoms with Crippen LogP contribution in [0, 0.1) is 12.8 Å². The van der Waals surface area contributed by atoms with Gasteiger partial charge in [-0.25, -0.2) is 13.4 Å². The predicted octanol–water partition coefficient (Wildman–Crippen LogP) is 1.14. The second-order valence-corrected chi connectivity index (χ2v) is 6.30. The van der Waals surface area contributed by atoms with Crippen LogP contribution in [0.1, 0.15) is 18.5 Å². The minimum atomic E-state index is -3.26. The van der Waals surface area contributed by atoms with Crippen molar-refractivity contribution in [3.63, 3.8) is 0 Å². The zero-order valence-corrected chi connectivity index (χ0v) is 10.5. The van der Waals surface area contributed by atoms with E-state index in [0.29, 0.717) is 11.5 Å². The molecule has 1 aromatic heterocycles. The molecule has 0 radical (unpaired) electrons. The molecule has 0 aromatic carbocycles. The summed E-state index contributed by atoms with van der Waals surface area (Å²) in [6, 6.07) is 2.99. The zero-order chi connectivity index (χ0) is 12.6. The average Bonchev–Trinajstić information content (AvgIpc) is 2.98. The Balaban J connectivity index is 2.21. The van der Waals surface area contributed by atoms with Crippen molar-refractivity contribution in [2.45, 2.75) is 24.7 Å². The van der Waals surface area contributed by atoms with Gasteiger partial charge in [-0.3, -0.25) is 4.79 Å². The lowest BCUT2D eigenvalue weighted by Crippen LogP contribution is -2.15. The van der Waals surface area contributed by atoms with Gasteiger partial charge in [0.1, 0.15) is 5.82 Å². The molecule has 1 heterocycles. The van der Waals surface area contributed by atoms with Crippen molar-refractivity contribution < 1.29 is 13.2 Å². The average molecular weight is 254 g/mol. The van der Waals surface area contributed by atoms with E-state index in [1.807, 2.05) is 0 Å². The Morgan fingerprint density at radius 2 is 2.06 bits per heavy atom. The molecule has 1 saturated carbocycles. The molecule has 0 atom stereocenters. The van der Waals surface area contributed by atoms with Crippen LogP contribution in [0.2, 0.25) is 0 Å². The van der Waals surface area contributed by atoms with Crippen LogP contribution >= 0.6 is 0 Å². The molecule has 0 saturated heterocycles. The summed E-state index contributed by atoms with van der Waals surface area (Å²) in [6.45, 7) is 1.61. The van der Waals surface area contributed by atoms with Crippen LogP contribution in [-0.4, -0.2) is 25.6 Å². The fourth-order valence-electron chi connectivity index (χ4n) is 1.58. The molecule has 1 N–H and O–H groups in total. The van der Waals surface area contributed by atoms with Gasteiger partial charge in [-0.05, 0) is 31.9 Å². The van der Waals surface area contributed by atoms with Crippen molar-refractivity contribution in [3.05, 3.63) is 17.8 Å². The highest BCUT2D eigenvalue weighted by Gasteiger charge is 2.29. The molecule has 0 bridgehead atoms. The topological polar surface area (TPSA) is 76.1 Å². The Kier molecular flexibility index (Phi) is 2.91. The first-order valence-corrected chi connectivity index (χ1v) is 7.25. The number of aryl methyl sites for hydroxylation is 1. The quantitative estimate of drug-likeness (QED) is 0.877. The van der Waals surface area contributed by atoms with Gasteiger partial charge in [0.25, 0.3) is 0 Å². The van der Waals surface area contributed by atoms with E-state index in [9.17, 15) is 13.2 Å². The lowest BCUT2D eigenvalue weighted by Gasteiger charge is -2.07. The van der Waals surface area contributed by atoms with Gasteiger partial charge < -0.3 is 5.32 Å². The van der Waals surface area contributed by atoms with E-state index in [1.54, 1.807) is 6.92 Å². The normalized spacial score (nSPS) is 15.6. The highest BCUT2D eigenvalue weighted by molar-refractivity contribution is 7.90. The van der Waals surface area contributed by atoms with Crippen LogP contribution in [0.4, 0.5) is 5.82 Å². The summed E-state index contributed by atoms with van der Waals surface area (Å²) >= 11 is 0. The summed E-state index contributed by atoms with van der Waals surface area (Å²) in [7, 11) is -3.26. The van der Waals surface area contributed by atoms with Crippen molar-refractivity contribution in [2.75, 3.05) is 11.6 Å². The monoisotopic (exact) mass is 254 g/mol. The number of carbonyl (C=O) groups excluding carboxylic acids is 1. The fourth-order valence-corrected chi connectivity index (χ4v) is 2.48. The van der Waals surface area contributed by atoms with Crippen molar-refractivity contribution in [1.82, 2.24) is 4.98 Å². The summed E-state index contributed by atoms with van der Waals surface area (Å²) in [5.41, 5.74) is 0.404. The van der Waals surface area contributed by atoms with E-state index in [0.717, 1.165) is 19.1 Å². The molecule has 5 nitrogen and oxygen atoms in total. The number of pyridine rings is 1. The molecule has 6 heteroatoms. The highest BCUT2D eigenvalue weighted by Crippen LogP contribution is 2.30. The zero-order valence-electron chi connectivity index (χ0n) is 9.73. The van der Waals surface area contributed by atoms with Gasteiger partial charge in [-0.2, -0.15) is 0 Å². The van der Waals surface area contributed by atoms with Gasteiger partial charge in [-0.15, -0.1) is 0 Å². The maximum absolute atomic E-state index is 11.5. The fraction of sp³-hybridized carbons (Fsp3) is 0.455. The smallest absolute Gasteiger partial charge is 0.228 e.